The fourth-order valence-corrected chi connectivity index (χ4v) is 3.17. The Morgan fingerprint density at radius 3 is 2.88 bits per heavy atom. The molecule has 0 atom stereocenters. The Kier molecular flexibility index (Phi) is 2.37. The standard InChI is InChI=1S/C10H8BrN5S/c1-5-13-14-10-16(5)15-9(17-10)7-3-2-6(12)4-8(7)11/h2-4H,12H2,1H3. The fourth-order valence-electron chi connectivity index (χ4n) is 1.53. The quantitative estimate of drug-likeness (QED) is 0.701. The van der Waals surface area contributed by atoms with E-state index >= 15 is 0 Å². The predicted octanol–water partition coefficient (Wildman–Crippen LogP) is 2.51. The molecule has 7 heteroatoms. The molecule has 2 aromatic heterocycles. The molecule has 0 aliphatic rings. The molecule has 0 unspecified atom stereocenters. The van der Waals surface area contributed by atoms with E-state index in [9.17, 15) is 0 Å². The SMILES string of the molecule is Cc1nnc2sc(-c3ccc(N)cc3Br)nn12. The van der Waals surface area contributed by atoms with Crippen molar-refractivity contribution in [1.82, 2.24) is 19.8 Å². The smallest absolute Gasteiger partial charge is 0.234 e. The molecule has 0 saturated carbocycles. The Morgan fingerprint density at radius 2 is 2.18 bits per heavy atom. The maximum absolute atomic E-state index is 5.71. The topological polar surface area (TPSA) is 69.1 Å². The number of nitrogens with zero attached hydrogens (tertiary/aromatic N) is 4. The molecule has 0 amide bonds. The van der Waals surface area contributed by atoms with Gasteiger partial charge in [-0.25, -0.2) is 0 Å². The van der Waals surface area contributed by atoms with Crippen molar-refractivity contribution in [1.29, 1.82) is 0 Å². The van der Waals surface area contributed by atoms with Crippen molar-refractivity contribution in [3.63, 3.8) is 0 Å². The molecule has 0 aliphatic heterocycles. The molecule has 2 heterocycles. The zero-order chi connectivity index (χ0) is 12.0. The first kappa shape index (κ1) is 10.7. The molecular weight excluding hydrogens is 302 g/mol. The van der Waals surface area contributed by atoms with Crippen LogP contribution in [0.5, 0.6) is 0 Å². The number of rotatable bonds is 1. The van der Waals surface area contributed by atoms with Crippen LogP contribution < -0.4 is 5.73 Å². The minimum absolute atomic E-state index is 0.722. The summed E-state index contributed by atoms with van der Waals surface area (Å²) in [5.74, 6) is 0.786. The van der Waals surface area contributed by atoms with Crippen molar-refractivity contribution >= 4 is 37.9 Å². The van der Waals surface area contributed by atoms with Gasteiger partial charge in [-0.1, -0.05) is 11.3 Å². The lowest BCUT2D eigenvalue weighted by Gasteiger charge is -2.00. The average molecular weight is 310 g/mol. The van der Waals surface area contributed by atoms with Gasteiger partial charge >= 0.3 is 0 Å². The monoisotopic (exact) mass is 309 g/mol. The van der Waals surface area contributed by atoms with E-state index < -0.39 is 0 Å². The summed E-state index contributed by atoms with van der Waals surface area (Å²) >= 11 is 4.99. The molecule has 86 valence electrons. The van der Waals surface area contributed by atoms with Crippen molar-refractivity contribution in [3.8, 4) is 10.6 Å². The van der Waals surface area contributed by atoms with Crippen LogP contribution in [-0.2, 0) is 0 Å². The summed E-state index contributed by atoms with van der Waals surface area (Å²) in [6.45, 7) is 1.88. The third-order valence-corrected chi connectivity index (χ3v) is 3.96. The summed E-state index contributed by atoms with van der Waals surface area (Å²) < 4.78 is 2.67. The van der Waals surface area contributed by atoms with Crippen LogP contribution in [-0.4, -0.2) is 19.8 Å². The molecule has 0 spiro atoms. The van der Waals surface area contributed by atoms with E-state index in [1.165, 1.54) is 11.3 Å². The summed E-state index contributed by atoms with van der Waals surface area (Å²) in [6, 6.07) is 5.67. The molecule has 0 fully saturated rings. The lowest BCUT2D eigenvalue weighted by atomic mass is 10.2. The summed E-state index contributed by atoms with van der Waals surface area (Å²) in [7, 11) is 0. The second-order valence-corrected chi connectivity index (χ2v) is 5.40. The van der Waals surface area contributed by atoms with Crippen molar-refractivity contribution in [2.75, 3.05) is 5.73 Å². The predicted molar refractivity (Wildman–Crippen MR) is 70.9 cm³/mol. The highest BCUT2D eigenvalue weighted by atomic mass is 79.9. The molecule has 1 aromatic carbocycles. The van der Waals surface area contributed by atoms with Crippen LogP contribution in [0.2, 0.25) is 0 Å². The zero-order valence-corrected chi connectivity index (χ0v) is 11.3. The minimum atomic E-state index is 0.722. The van der Waals surface area contributed by atoms with E-state index in [1.54, 1.807) is 4.52 Å². The summed E-state index contributed by atoms with van der Waals surface area (Å²) in [5.41, 5.74) is 7.44. The number of nitrogen functional groups attached to an aromatic ring is 1. The molecule has 3 rings (SSSR count). The van der Waals surface area contributed by atoms with E-state index in [-0.39, 0.29) is 0 Å². The molecule has 5 nitrogen and oxygen atoms in total. The van der Waals surface area contributed by atoms with E-state index in [0.29, 0.717) is 0 Å². The highest BCUT2D eigenvalue weighted by Crippen LogP contribution is 2.32. The molecular formula is C10H8BrN5S. The van der Waals surface area contributed by atoms with E-state index in [1.807, 2.05) is 25.1 Å². The lowest BCUT2D eigenvalue weighted by Crippen LogP contribution is -1.90. The van der Waals surface area contributed by atoms with Crippen molar-refractivity contribution in [3.05, 3.63) is 28.5 Å². The number of anilines is 1. The van der Waals surface area contributed by atoms with Gasteiger partial charge in [0.2, 0.25) is 4.96 Å². The van der Waals surface area contributed by atoms with Gasteiger partial charge in [0.25, 0.3) is 0 Å². The van der Waals surface area contributed by atoms with Gasteiger partial charge in [-0.15, -0.1) is 10.2 Å². The minimum Gasteiger partial charge on any atom is -0.399 e. The first-order chi connectivity index (χ1) is 8.15. The van der Waals surface area contributed by atoms with E-state index in [0.717, 1.165) is 31.5 Å². The molecule has 2 N–H and O–H groups in total. The van der Waals surface area contributed by atoms with Crippen LogP contribution in [0.15, 0.2) is 22.7 Å². The number of hydrogen-bond donors (Lipinski definition) is 1. The van der Waals surface area contributed by atoms with Gasteiger partial charge in [0.1, 0.15) is 5.01 Å². The Balaban J connectivity index is 2.20. The number of nitrogens with two attached hydrogens (primary N) is 1. The first-order valence-corrected chi connectivity index (χ1v) is 6.50. The van der Waals surface area contributed by atoms with Gasteiger partial charge in [-0.3, -0.25) is 0 Å². The Labute approximate surface area is 109 Å². The van der Waals surface area contributed by atoms with Crippen LogP contribution in [0, 0.1) is 6.92 Å². The van der Waals surface area contributed by atoms with Gasteiger partial charge in [0, 0.05) is 15.7 Å². The molecule has 17 heavy (non-hydrogen) atoms. The van der Waals surface area contributed by atoms with Gasteiger partial charge in [-0.2, -0.15) is 9.61 Å². The van der Waals surface area contributed by atoms with Crippen molar-refractivity contribution in [2.24, 2.45) is 0 Å². The number of hydrogen-bond acceptors (Lipinski definition) is 5. The molecule has 0 bridgehead atoms. The summed E-state index contributed by atoms with van der Waals surface area (Å²) in [5, 5.41) is 13.4. The number of aryl methyl sites for hydroxylation is 1. The maximum atomic E-state index is 5.71. The molecule has 3 aromatic rings. The Bertz CT molecular complexity index is 702. The summed E-state index contributed by atoms with van der Waals surface area (Å²) in [4.78, 5) is 0.793. The average Bonchev–Trinajstić information content (AvgIpc) is 2.81. The third-order valence-electron chi connectivity index (χ3n) is 2.37. The number of halogens is 1. The molecule has 0 aliphatic carbocycles. The fraction of sp³-hybridized carbons (Fsp3) is 0.100. The third kappa shape index (κ3) is 1.71. The van der Waals surface area contributed by atoms with Crippen LogP contribution in [0.3, 0.4) is 0 Å². The number of fused-ring (bicyclic) bond motifs is 1. The van der Waals surface area contributed by atoms with E-state index in [4.69, 9.17) is 5.73 Å². The van der Waals surface area contributed by atoms with Crippen LogP contribution in [0.1, 0.15) is 5.82 Å². The Morgan fingerprint density at radius 1 is 1.35 bits per heavy atom. The highest BCUT2D eigenvalue weighted by molar-refractivity contribution is 9.10. The Hall–Kier alpha value is -1.47. The highest BCUT2D eigenvalue weighted by Gasteiger charge is 2.12. The zero-order valence-electron chi connectivity index (χ0n) is 8.88. The van der Waals surface area contributed by atoms with Crippen LogP contribution in [0.25, 0.3) is 15.5 Å². The van der Waals surface area contributed by atoms with Crippen molar-refractivity contribution in [2.45, 2.75) is 6.92 Å². The van der Waals surface area contributed by atoms with Gasteiger partial charge in [0.05, 0.1) is 0 Å². The number of benzene rings is 1. The van der Waals surface area contributed by atoms with Gasteiger partial charge < -0.3 is 5.73 Å². The normalized spacial score (nSPS) is 11.2. The second kappa shape index (κ2) is 3.78. The maximum Gasteiger partial charge on any atom is 0.234 e. The number of aromatic nitrogens is 4. The van der Waals surface area contributed by atoms with Gasteiger partial charge in [-0.05, 0) is 41.1 Å². The first-order valence-electron chi connectivity index (χ1n) is 4.89. The van der Waals surface area contributed by atoms with Crippen LogP contribution in [0.4, 0.5) is 5.69 Å². The van der Waals surface area contributed by atoms with Gasteiger partial charge in [0.15, 0.2) is 5.82 Å². The second-order valence-electron chi connectivity index (χ2n) is 3.59. The largest absolute Gasteiger partial charge is 0.399 e. The lowest BCUT2D eigenvalue weighted by molar-refractivity contribution is 0.897. The van der Waals surface area contributed by atoms with Crippen LogP contribution >= 0.6 is 27.3 Å². The van der Waals surface area contributed by atoms with Crippen molar-refractivity contribution < 1.29 is 0 Å². The summed E-state index contributed by atoms with van der Waals surface area (Å²) in [6.07, 6.45) is 0. The molecule has 0 saturated heterocycles. The molecule has 0 radical (unpaired) electrons. The van der Waals surface area contributed by atoms with E-state index in [2.05, 4.69) is 31.2 Å².